The Bertz CT molecular complexity index is 573. The van der Waals surface area contributed by atoms with Crippen molar-refractivity contribution in [3.05, 3.63) is 34.3 Å². The second-order valence-corrected chi connectivity index (χ2v) is 4.52. The maximum Gasteiger partial charge on any atom is 0.213 e. The summed E-state index contributed by atoms with van der Waals surface area (Å²) in [5.41, 5.74) is 1.11. The normalized spacial score (nSPS) is 10.3. The minimum atomic E-state index is -0.166. The zero-order chi connectivity index (χ0) is 13.8. The quantitative estimate of drug-likeness (QED) is 0.786. The highest BCUT2D eigenvalue weighted by atomic mass is 32.1. The van der Waals surface area contributed by atoms with E-state index in [-0.39, 0.29) is 5.78 Å². The van der Waals surface area contributed by atoms with Crippen LogP contribution in [0.3, 0.4) is 0 Å². The highest BCUT2D eigenvalue weighted by Crippen LogP contribution is 2.32. The molecule has 2 aromatic rings. The number of ketones is 1. The van der Waals surface area contributed by atoms with Gasteiger partial charge in [0.2, 0.25) is 5.78 Å². The highest BCUT2D eigenvalue weighted by Gasteiger charge is 2.24. The molecule has 0 aliphatic carbocycles. The van der Waals surface area contributed by atoms with Crippen LogP contribution in [0, 0.1) is 0 Å². The van der Waals surface area contributed by atoms with Crippen molar-refractivity contribution in [2.24, 2.45) is 0 Å². The molecule has 0 N–H and O–H groups in total. The van der Waals surface area contributed by atoms with E-state index in [1.165, 1.54) is 14.2 Å². The van der Waals surface area contributed by atoms with Crippen LogP contribution in [0.1, 0.15) is 27.9 Å². The Morgan fingerprint density at radius 2 is 1.89 bits per heavy atom. The van der Waals surface area contributed by atoms with Crippen molar-refractivity contribution in [2.45, 2.75) is 13.3 Å². The monoisotopic (exact) mass is 278 g/mol. The predicted octanol–water partition coefficient (Wildman–Crippen LogP) is 2.35. The predicted molar refractivity (Wildman–Crippen MR) is 72.3 cm³/mol. The molecule has 1 heterocycles. The van der Waals surface area contributed by atoms with Crippen LogP contribution in [0.15, 0.2) is 18.2 Å². The van der Waals surface area contributed by atoms with Crippen LogP contribution < -0.4 is 9.47 Å². The summed E-state index contributed by atoms with van der Waals surface area (Å²) in [6.45, 7) is 1.94. The first-order valence-electron chi connectivity index (χ1n) is 5.79. The van der Waals surface area contributed by atoms with Crippen molar-refractivity contribution in [3.8, 4) is 11.5 Å². The first-order valence-corrected chi connectivity index (χ1v) is 6.57. The number of carbonyl (C=O) groups is 1. The molecule has 0 amide bonds. The molecule has 2 rings (SSSR count). The fraction of sp³-hybridized carbons (Fsp3) is 0.308. The van der Waals surface area contributed by atoms with Crippen LogP contribution in [-0.2, 0) is 6.42 Å². The van der Waals surface area contributed by atoms with Gasteiger partial charge in [0.05, 0.1) is 19.9 Å². The number of rotatable bonds is 5. The van der Waals surface area contributed by atoms with Crippen LogP contribution in [0.4, 0.5) is 0 Å². The zero-order valence-corrected chi connectivity index (χ0v) is 11.8. The maximum atomic E-state index is 12.6. The molecule has 1 aromatic carbocycles. The van der Waals surface area contributed by atoms with Gasteiger partial charge in [-0.1, -0.05) is 17.5 Å². The SMILES string of the molecule is CCc1nnsc1C(=O)c1c(OC)cccc1OC. The van der Waals surface area contributed by atoms with Gasteiger partial charge in [0.25, 0.3) is 0 Å². The van der Waals surface area contributed by atoms with Gasteiger partial charge in [0.15, 0.2) is 0 Å². The third-order valence-electron chi connectivity index (χ3n) is 2.75. The van der Waals surface area contributed by atoms with E-state index in [1.807, 2.05) is 6.92 Å². The van der Waals surface area contributed by atoms with Gasteiger partial charge in [-0.3, -0.25) is 4.79 Å². The average Bonchev–Trinajstić information content (AvgIpc) is 2.93. The topological polar surface area (TPSA) is 61.3 Å². The lowest BCUT2D eigenvalue weighted by atomic mass is 10.1. The van der Waals surface area contributed by atoms with E-state index in [9.17, 15) is 4.79 Å². The number of aryl methyl sites for hydroxylation is 1. The number of hydrogen-bond acceptors (Lipinski definition) is 6. The Morgan fingerprint density at radius 3 is 2.42 bits per heavy atom. The van der Waals surface area contributed by atoms with Gasteiger partial charge in [-0.25, -0.2) is 0 Å². The van der Waals surface area contributed by atoms with Gasteiger partial charge in [0, 0.05) is 0 Å². The molecule has 0 radical (unpaired) electrons. The molecule has 5 nitrogen and oxygen atoms in total. The van der Waals surface area contributed by atoms with Crippen molar-refractivity contribution in [3.63, 3.8) is 0 Å². The smallest absolute Gasteiger partial charge is 0.213 e. The van der Waals surface area contributed by atoms with E-state index in [0.717, 1.165) is 11.5 Å². The summed E-state index contributed by atoms with van der Waals surface area (Å²) in [5.74, 6) is 0.806. The lowest BCUT2D eigenvalue weighted by Gasteiger charge is -2.11. The van der Waals surface area contributed by atoms with Crippen LogP contribution in [0.2, 0.25) is 0 Å². The fourth-order valence-corrected chi connectivity index (χ4v) is 2.50. The summed E-state index contributed by atoms with van der Waals surface area (Å²) in [6.07, 6.45) is 0.662. The summed E-state index contributed by atoms with van der Waals surface area (Å²) in [5, 5.41) is 3.96. The van der Waals surface area contributed by atoms with Crippen LogP contribution in [-0.4, -0.2) is 29.6 Å². The van der Waals surface area contributed by atoms with Gasteiger partial charge in [-0.2, -0.15) is 0 Å². The number of ether oxygens (including phenoxy) is 2. The molecule has 0 bridgehead atoms. The number of aromatic nitrogens is 2. The first-order chi connectivity index (χ1) is 9.22. The van der Waals surface area contributed by atoms with E-state index in [2.05, 4.69) is 9.59 Å². The number of carbonyl (C=O) groups excluding carboxylic acids is 1. The van der Waals surface area contributed by atoms with Crippen LogP contribution in [0.5, 0.6) is 11.5 Å². The molecule has 100 valence electrons. The lowest BCUT2D eigenvalue weighted by Crippen LogP contribution is -2.07. The minimum Gasteiger partial charge on any atom is -0.496 e. The van der Waals surface area contributed by atoms with Gasteiger partial charge in [-0.05, 0) is 30.1 Å². The summed E-state index contributed by atoms with van der Waals surface area (Å²) in [7, 11) is 3.05. The summed E-state index contributed by atoms with van der Waals surface area (Å²) < 4.78 is 14.3. The van der Waals surface area contributed by atoms with E-state index in [0.29, 0.717) is 34.1 Å². The highest BCUT2D eigenvalue weighted by molar-refractivity contribution is 7.08. The first kappa shape index (κ1) is 13.5. The van der Waals surface area contributed by atoms with Crippen molar-refractivity contribution in [1.82, 2.24) is 9.59 Å². The second-order valence-electron chi connectivity index (χ2n) is 3.77. The van der Waals surface area contributed by atoms with Gasteiger partial charge in [0.1, 0.15) is 21.9 Å². The Balaban J connectivity index is 2.55. The van der Waals surface area contributed by atoms with Crippen molar-refractivity contribution < 1.29 is 14.3 Å². The average molecular weight is 278 g/mol. The van der Waals surface area contributed by atoms with E-state index in [1.54, 1.807) is 18.2 Å². The Hall–Kier alpha value is -1.95. The number of nitrogens with zero attached hydrogens (tertiary/aromatic N) is 2. The molecule has 0 aliphatic heterocycles. The van der Waals surface area contributed by atoms with Gasteiger partial charge >= 0.3 is 0 Å². The number of benzene rings is 1. The zero-order valence-electron chi connectivity index (χ0n) is 11.0. The molecule has 0 unspecified atom stereocenters. The molecule has 0 aliphatic rings. The van der Waals surface area contributed by atoms with E-state index < -0.39 is 0 Å². The Morgan fingerprint density at radius 1 is 1.26 bits per heavy atom. The van der Waals surface area contributed by atoms with Crippen molar-refractivity contribution >= 4 is 17.3 Å². The van der Waals surface area contributed by atoms with E-state index >= 15 is 0 Å². The molecule has 1 aromatic heterocycles. The molecule has 0 saturated heterocycles. The van der Waals surface area contributed by atoms with Crippen LogP contribution in [0.25, 0.3) is 0 Å². The molecule has 19 heavy (non-hydrogen) atoms. The fourth-order valence-electron chi connectivity index (χ4n) is 1.80. The molecule has 0 spiro atoms. The lowest BCUT2D eigenvalue weighted by molar-refractivity contribution is 0.103. The molecule has 0 atom stereocenters. The summed E-state index contributed by atoms with van der Waals surface area (Å²) in [6, 6.07) is 5.24. The molecule has 0 fully saturated rings. The Labute approximate surface area is 115 Å². The number of methoxy groups -OCH3 is 2. The van der Waals surface area contributed by atoms with Gasteiger partial charge < -0.3 is 9.47 Å². The standard InChI is InChI=1S/C13H14N2O3S/c1-4-8-13(19-15-14-8)12(16)11-9(17-2)6-5-7-10(11)18-3/h5-7H,4H2,1-3H3. The molecular weight excluding hydrogens is 264 g/mol. The van der Waals surface area contributed by atoms with Gasteiger partial charge in [-0.15, -0.1) is 5.10 Å². The van der Waals surface area contributed by atoms with Crippen molar-refractivity contribution in [2.75, 3.05) is 14.2 Å². The maximum absolute atomic E-state index is 12.6. The third-order valence-corrected chi connectivity index (χ3v) is 3.52. The molecule has 0 saturated carbocycles. The molecular formula is C13H14N2O3S. The Kier molecular flexibility index (Phi) is 4.11. The second kappa shape index (κ2) is 5.79. The third kappa shape index (κ3) is 2.44. The van der Waals surface area contributed by atoms with Crippen LogP contribution >= 0.6 is 11.5 Å². The molecule has 6 heteroatoms. The number of hydrogen-bond donors (Lipinski definition) is 0. The summed E-state index contributed by atoms with van der Waals surface area (Å²) in [4.78, 5) is 13.1. The minimum absolute atomic E-state index is 0.166. The summed E-state index contributed by atoms with van der Waals surface area (Å²) >= 11 is 1.09. The largest absolute Gasteiger partial charge is 0.496 e. The van der Waals surface area contributed by atoms with E-state index in [4.69, 9.17) is 9.47 Å². The van der Waals surface area contributed by atoms with Crippen molar-refractivity contribution in [1.29, 1.82) is 0 Å².